The number of aryl methyl sites for hydroxylation is 1. The largest absolute Gasteiger partial charge is 0.341 e. The average molecular weight is 431 g/mol. The van der Waals surface area contributed by atoms with Crippen LogP contribution in [0.5, 0.6) is 0 Å². The van der Waals surface area contributed by atoms with Gasteiger partial charge in [0.15, 0.2) is 5.16 Å². The number of carbonyl (C=O) groups excluding carboxylic acids is 2. The molecule has 1 fully saturated rings. The summed E-state index contributed by atoms with van der Waals surface area (Å²) in [6.45, 7) is 9.52. The second-order valence-corrected chi connectivity index (χ2v) is 9.48. The van der Waals surface area contributed by atoms with Crippen LogP contribution < -0.4 is 15.5 Å². The van der Waals surface area contributed by atoms with Crippen molar-refractivity contribution in [1.82, 2.24) is 25.4 Å². The van der Waals surface area contributed by atoms with E-state index in [4.69, 9.17) is 0 Å². The number of benzene rings is 1. The predicted molar refractivity (Wildman–Crippen MR) is 119 cm³/mol. The highest BCUT2D eigenvalue weighted by Crippen LogP contribution is 2.28. The highest BCUT2D eigenvalue weighted by atomic mass is 32.2. The van der Waals surface area contributed by atoms with Crippen LogP contribution in [0.4, 0.5) is 10.7 Å². The van der Waals surface area contributed by atoms with Crippen molar-refractivity contribution in [2.75, 3.05) is 23.7 Å². The average Bonchev–Trinajstić information content (AvgIpc) is 3.10. The number of aromatic nitrogens is 3. The van der Waals surface area contributed by atoms with Gasteiger partial charge >= 0.3 is 6.03 Å². The van der Waals surface area contributed by atoms with E-state index in [1.165, 1.54) is 23.7 Å². The Morgan fingerprint density at radius 2 is 1.73 bits per heavy atom. The molecule has 0 atom stereocenters. The van der Waals surface area contributed by atoms with Crippen LogP contribution in [0.3, 0.4) is 0 Å². The minimum atomic E-state index is -0.498. The number of imide groups is 1. The molecular weight excluding hydrogens is 400 g/mol. The van der Waals surface area contributed by atoms with Gasteiger partial charge in [0, 0.05) is 18.6 Å². The lowest BCUT2D eigenvalue weighted by molar-refractivity contribution is -0.117. The molecule has 9 heteroatoms. The zero-order valence-electron chi connectivity index (χ0n) is 18.1. The molecule has 3 amide bonds. The normalized spacial score (nSPS) is 14.5. The van der Waals surface area contributed by atoms with Gasteiger partial charge in [-0.25, -0.2) is 4.79 Å². The lowest BCUT2D eigenvalue weighted by atomic mass is 10.1. The van der Waals surface area contributed by atoms with E-state index < -0.39 is 11.6 Å². The molecule has 2 N–H and O–H groups in total. The van der Waals surface area contributed by atoms with Crippen LogP contribution in [0.1, 0.15) is 45.6 Å². The maximum absolute atomic E-state index is 12.3. The molecule has 162 valence electrons. The summed E-state index contributed by atoms with van der Waals surface area (Å²) in [6.07, 6.45) is 3.50. The van der Waals surface area contributed by atoms with Crippen LogP contribution in [0, 0.1) is 6.92 Å². The van der Waals surface area contributed by atoms with Crippen molar-refractivity contribution in [2.45, 2.75) is 57.7 Å². The van der Waals surface area contributed by atoms with Crippen molar-refractivity contribution in [2.24, 2.45) is 0 Å². The molecule has 1 aromatic carbocycles. The Hall–Kier alpha value is -2.55. The van der Waals surface area contributed by atoms with Crippen molar-refractivity contribution in [3.05, 3.63) is 29.8 Å². The Kier molecular flexibility index (Phi) is 7.02. The van der Waals surface area contributed by atoms with Gasteiger partial charge < -0.3 is 10.2 Å². The lowest BCUT2D eigenvalue weighted by Gasteiger charge is -2.27. The van der Waals surface area contributed by atoms with Crippen molar-refractivity contribution in [1.29, 1.82) is 0 Å². The van der Waals surface area contributed by atoms with Crippen LogP contribution in [-0.2, 0) is 4.79 Å². The van der Waals surface area contributed by atoms with Crippen LogP contribution in [0.2, 0.25) is 0 Å². The summed E-state index contributed by atoms with van der Waals surface area (Å²) < 4.78 is 2.00. The van der Waals surface area contributed by atoms with Gasteiger partial charge in [0.2, 0.25) is 11.9 Å². The van der Waals surface area contributed by atoms with E-state index >= 15 is 0 Å². The summed E-state index contributed by atoms with van der Waals surface area (Å²) in [5, 5.41) is 14.5. The minimum absolute atomic E-state index is 0.0710. The number of thioether (sulfide) groups is 1. The number of rotatable bonds is 5. The lowest BCUT2D eigenvalue weighted by Crippen LogP contribution is -2.48. The monoisotopic (exact) mass is 430 g/mol. The third-order valence-electron chi connectivity index (χ3n) is 4.62. The Morgan fingerprint density at radius 1 is 1.07 bits per heavy atom. The molecule has 8 nitrogen and oxygen atoms in total. The molecule has 1 aliphatic heterocycles. The second-order valence-electron chi connectivity index (χ2n) is 8.54. The fraction of sp³-hybridized carbons (Fsp3) is 0.524. The standard InChI is InChI=1S/C21H30N6O2S/c1-15-8-10-16(11-9-15)27-19(26-12-6-5-7-13-26)24-25-20(27)30-14-17(28)22-18(29)23-21(2,3)4/h8-11H,5-7,12-14H2,1-4H3,(H2,22,23,28,29). The molecule has 1 aliphatic rings. The number of nitrogens with zero attached hydrogens (tertiary/aromatic N) is 4. The molecule has 0 radical (unpaired) electrons. The highest BCUT2D eigenvalue weighted by Gasteiger charge is 2.22. The molecule has 1 saturated heterocycles. The molecule has 0 unspecified atom stereocenters. The quantitative estimate of drug-likeness (QED) is 0.708. The smallest absolute Gasteiger partial charge is 0.321 e. The first kappa shape index (κ1) is 22.1. The Bertz CT molecular complexity index is 882. The van der Waals surface area contributed by atoms with E-state index in [1.54, 1.807) is 0 Å². The fourth-order valence-corrected chi connectivity index (χ4v) is 3.99. The summed E-state index contributed by atoms with van der Waals surface area (Å²) in [6, 6.07) is 7.67. The van der Waals surface area contributed by atoms with Crippen molar-refractivity contribution < 1.29 is 9.59 Å². The Balaban J connectivity index is 1.75. The maximum atomic E-state index is 12.3. The van der Waals surface area contributed by atoms with E-state index in [-0.39, 0.29) is 11.7 Å². The molecule has 30 heavy (non-hydrogen) atoms. The number of anilines is 1. The first-order valence-electron chi connectivity index (χ1n) is 10.3. The number of carbonyl (C=O) groups is 2. The number of hydrogen-bond acceptors (Lipinski definition) is 6. The molecule has 0 bridgehead atoms. The first-order valence-corrected chi connectivity index (χ1v) is 11.2. The number of piperidine rings is 1. The second kappa shape index (κ2) is 9.51. The SMILES string of the molecule is Cc1ccc(-n2c(SCC(=O)NC(=O)NC(C)(C)C)nnc2N2CCCCC2)cc1. The van der Waals surface area contributed by atoms with Gasteiger partial charge in [-0.3, -0.25) is 14.7 Å². The number of nitrogens with one attached hydrogen (secondary N) is 2. The number of amides is 3. The maximum Gasteiger partial charge on any atom is 0.321 e. The van der Waals surface area contributed by atoms with Crippen LogP contribution >= 0.6 is 11.8 Å². The van der Waals surface area contributed by atoms with E-state index in [9.17, 15) is 9.59 Å². The van der Waals surface area contributed by atoms with Gasteiger partial charge in [0.1, 0.15) is 0 Å². The van der Waals surface area contributed by atoms with Gasteiger partial charge in [-0.15, -0.1) is 10.2 Å². The predicted octanol–water partition coefficient (Wildman–Crippen LogP) is 3.28. The van der Waals surface area contributed by atoms with Crippen LogP contribution in [-0.4, -0.2) is 51.1 Å². The highest BCUT2D eigenvalue weighted by molar-refractivity contribution is 7.99. The molecule has 2 aromatic rings. The topological polar surface area (TPSA) is 92.2 Å². The molecule has 1 aromatic heterocycles. The molecule has 0 spiro atoms. The molecule has 0 aliphatic carbocycles. The van der Waals surface area contributed by atoms with E-state index in [2.05, 4.69) is 25.7 Å². The summed E-state index contributed by atoms with van der Waals surface area (Å²) in [4.78, 5) is 26.4. The van der Waals surface area contributed by atoms with Crippen LogP contribution in [0.25, 0.3) is 5.69 Å². The number of hydrogen-bond donors (Lipinski definition) is 2. The summed E-state index contributed by atoms with van der Waals surface area (Å²) in [7, 11) is 0. The Morgan fingerprint density at radius 3 is 2.37 bits per heavy atom. The van der Waals surface area contributed by atoms with Crippen molar-refractivity contribution in [3.63, 3.8) is 0 Å². The molecule has 0 saturated carbocycles. The summed E-state index contributed by atoms with van der Waals surface area (Å²) in [5.41, 5.74) is 1.72. The molecule has 2 heterocycles. The zero-order chi connectivity index (χ0) is 21.7. The van der Waals surface area contributed by atoms with Gasteiger partial charge in [0.05, 0.1) is 11.4 Å². The Labute approximate surface area is 181 Å². The molecular formula is C21H30N6O2S. The number of urea groups is 1. The fourth-order valence-electron chi connectivity index (χ4n) is 3.24. The minimum Gasteiger partial charge on any atom is -0.341 e. The van der Waals surface area contributed by atoms with E-state index in [0.717, 1.165) is 37.6 Å². The van der Waals surface area contributed by atoms with Gasteiger partial charge in [-0.2, -0.15) is 0 Å². The van der Waals surface area contributed by atoms with Crippen molar-refractivity contribution in [3.8, 4) is 5.69 Å². The zero-order valence-corrected chi connectivity index (χ0v) is 18.9. The first-order chi connectivity index (χ1) is 14.2. The van der Waals surface area contributed by atoms with E-state index in [1.807, 2.05) is 56.5 Å². The third-order valence-corrected chi connectivity index (χ3v) is 5.55. The summed E-state index contributed by atoms with van der Waals surface area (Å²) in [5.74, 6) is 0.494. The van der Waals surface area contributed by atoms with E-state index in [0.29, 0.717) is 5.16 Å². The van der Waals surface area contributed by atoms with Crippen LogP contribution in [0.15, 0.2) is 29.4 Å². The van der Waals surface area contributed by atoms with Gasteiger partial charge in [-0.05, 0) is 59.1 Å². The summed E-state index contributed by atoms with van der Waals surface area (Å²) >= 11 is 1.27. The van der Waals surface area contributed by atoms with Gasteiger partial charge in [0.25, 0.3) is 0 Å². The van der Waals surface area contributed by atoms with Gasteiger partial charge in [-0.1, -0.05) is 29.5 Å². The van der Waals surface area contributed by atoms with Crippen molar-refractivity contribution >= 4 is 29.6 Å². The third kappa shape index (κ3) is 5.98. The molecule has 3 rings (SSSR count).